The number of nitrogens with zero attached hydrogens (tertiary/aromatic N) is 2. The molecule has 0 heterocycles. The van der Waals surface area contributed by atoms with Crippen LogP contribution in [0.5, 0.6) is 5.75 Å². The zero-order chi connectivity index (χ0) is 29.3. The fourth-order valence-corrected chi connectivity index (χ4v) is 5.69. The molecule has 0 bridgehead atoms. The van der Waals surface area contributed by atoms with Crippen LogP contribution in [-0.2, 0) is 26.2 Å². The van der Waals surface area contributed by atoms with Gasteiger partial charge in [-0.25, -0.2) is 8.42 Å². The molecule has 0 saturated heterocycles. The molecule has 3 aromatic carbocycles. The number of ether oxygens (including phenoxy) is 1. The number of carbonyl (C=O) groups is 2. The monoisotopic (exact) mass is 629 g/mol. The molecule has 1 N–H and O–H groups in total. The number of halogens is 1. The summed E-state index contributed by atoms with van der Waals surface area (Å²) in [6.07, 6.45) is 0.751. The van der Waals surface area contributed by atoms with E-state index in [-0.39, 0.29) is 17.3 Å². The summed E-state index contributed by atoms with van der Waals surface area (Å²) in [5.74, 6) is -0.257. The van der Waals surface area contributed by atoms with Gasteiger partial charge >= 0.3 is 0 Å². The van der Waals surface area contributed by atoms with Crippen molar-refractivity contribution in [3.05, 3.63) is 88.4 Å². The lowest BCUT2D eigenvalue weighted by atomic mass is 10.1. The molecule has 0 aliphatic rings. The molecule has 8 nitrogen and oxygen atoms in total. The molecule has 0 saturated carbocycles. The number of carbonyl (C=O) groups excluding carboxylic acids is 2. The SMILES string of the molecule is CCCNC(=O)[C@H](C)N(Cc1ccc(Br)cc1)C(=O)CN(c1ccc(C)cc1)S(=O)(=O)c1ccc(OCC)cc1. The van der Waals surface area contributed by atoms with Gasteiger partial charge in [0, 0.05) is 17.6 Å². The van der Waals surface area contributed by atoms with Crippen LogP contribution in [0.25, 0.3) is 0 Å². The van der Waals surface area contributed by atoms with Crippen molar-refractivity contribution in [3.63, 3.8) is 0 Å². The normalized spacial score (nSPS) is 11.9. The summed E-state index contributed by atoms with van der Waals surface area (Å²) in [6.45, 7) is 7.92. The maximum absolute atomic E-state index is 13.9. The predicted octanol–water partition coefficient (Wildman–Crippen LogP) is 5.30. The van der Waals surface area contributed by atoms with Crippen molar-refractivity contribution in [1.82, 2.24) is 10.2 Å². The van der Waals surface area contributed by atoms with Gasteiger partial charge in [-0.2, -0.15) is 0 Å². The van der Waals surface area contributed by atoms with Crippen LogP contribution in [0.4, 0.5) is 5.69 Å². The molecule has 0 aromatic heterocycles. The highest BCUT2D eigenvalue weighted by molar-refractivity contribution is 9.10. The first kappa shape index (κ1) is 31.2. The van der Waals surface area contributed by atoms with Gasteiger partial charge in [-0.3, -0.25) is 13.9 Å². The number of rotatable bonds is 13. The maximum Gasteiger partial charge on any atom is 0.264 e. The summed E-state index contributed by atoms with van der Waals surface area (Å²) in [5.41, 5.74) is 2.11. The Balaban J connectivity index is 2.00. The quantitative estimate of drug-likeness (QED) is 0.277. The summed E-state index contributed by atoms with van der Waals surface area (Å²) < 4.78 is 35.3. The average Bonchev–Trinajstić information content (AvgIpc) is 2.94. The minimum Gasteiger partial charge on any atom is -0.494 e. The van der Waals surface area contributed by atoms with Crippen LogP contribution in [-0.4, -0.2) is 50.9 Å². The zero-order valence-electron chi connectivity index (χ0n) is 23.3. The fraction of sp³-hybridized carbons (Fsp3) is 0.333. The minimum atomic E-state index is -4.14. The van der Waals surface area contributed by atoms with Gasteiger partial charge in [0.2, 0.25) is 11.8 Å². The third kappa shape index (κ3) is 8.08. The lowest BCUT2D eigenvalue weighted by molar-refractivity contribution is -0.139. The maximum atomic E-state index is 13.9. The van der Waals surface area contributed by atoms with Gasteiger partial charge in [0.05, 0.1) is 17.2 Å². The van der Waals surface area contributed by atoms with E-state index < -0.39 is 28.5 Å². The van der Waals surface area contributed by atoms with Crippen LogP contribution >= 0.6 is 15.9 Å². The highest BCUT2D eigenvalue weighted by Gasteiger charge is 2.32. The number of sulfonamides is 1. The third-order valence-corrected chi connectivity index (χ3v) is 8.62. The van der Waals surface area contributed by atoms with E-state index in [9.17, 15) is 18.0 Å². The van der Waals surface area contributed by atoms with Gasteiger partial charge in [0.25, 0.3) is 10.0 Å². The van der Waals surface area contributed by atoms with Crippen LogP contribution in [0.3, 0.4) is 0 Å². The summed E-state index contributed by atoms with van der Waals surface area (Å²) in [4.78, 5) is 28.3. The molecule has 0 radical (unpaired) electrons. The number of amides is 2. The van der Waals surface area contributed by atoms with Crippen LogP contribution in [0.15, 0.2) is 82.2 Å². The van der Waals surface area contributed by atoms with Crippen LogP contribution in [0.1, 0.15) is 38.3 Å². The Morgan fingerprint density at radius 2 is 1.57 bits per heavy atom. The summed E-state index contributed by atoms with van der Waals surface area (Å²) >= 11 is 3.42. The highest BCUT2D eigenvalue weighted by atomic mass is 79.9. The second kappa shape index (κ2) is 14.3. The number of aryl methyl sites for hydroxylation is 1. The molecule has 0 spiro atoms. The molecule has 40 heavy (non-hydrogen) atoms. The van der Waals surface area contributed by atoms with E-state index in [0.717, 1.165) is 26.3 Å². The van der Waals surface area contributed by atoms with E-state index >= 15 is 0 Å². The Bertz CT molecular complexity index is 1380. The lowest BCUT2D eigenvalue weighted by Crippen LogP contribution is -2.51. The van der Waals surface area contributed by atoms with Crippen molar-refractivity contribution in [3.8, 4) is 5.75 Å². The number of hydrogen-bond donors (Lipinski definition) is 1. The van der Waals surface area contributed by atoms with E-state index in [2.05, 4.69) is 21.2 Å². The topological polar surface area (TPSA) is 96.0 Å². The Morgan fingerprint density at radius 1 is 0.950 bits per heavy atom. The summed E-state index contributed by atoms with van der Waals surface area (Å²) in [7, 11) is -4.14. The Labute approximate surface area is 245 Å². The van der Waals surface area contributed by atoms with Crippen LogP contribution < -0.4 is 14.4 Å². The van der Waals surface area contributed by atoms with E-state index in [1.165, 1.54) is 17.0 Å². The molecule has 3 rings (SSSR count). The Hall–Kier alpha value is -3.37. The van der Waals surface area contributed by atoms with E-state index in [4.69, 9.17) is 4.74 Å². The lowest BCUT2D eigenvalue weighted by Gasteiger charge is -2.32. The summed E-state index contributed by atoms with van der Waals surface area (Å²) in [6, 6.07) is 19.6. The first-order chi connectivity index (χ1) is 19.1. The van der Waals surface area contributed by atoms with Crippen molar-refractivity contribution in [2.75, 3.05) is 24.0 Å². The molecule has 0 aliphatic heterocycles. The second-order valence-electron chi connectivity index (χ2n) is 9.37. The van der Waals surface area contributed by atoms with Gasteiger partial charge in [0.15, 0.2) is 0 Å². The molecular formula is C30H36BrN3O5S. The predicted molar refractivity (Wildman–Crippen MR) is 161 cm³/mol. The zero-order valence-corrected chi connectivity index (χ0v) is 25.7. The molecule has 214 valence electrons. The van der Waals surface area contributed by atoms with Gasteiger partial charge < -0.3 is 15.0 Å². The number of benzene rings is 3. The van der Waals surface area contributed by atoms with Crippen molar-refractivity contribution >= 4 is 43.5 Å². The number of anilines is 1. The number of hydrogen-bond acceptors (Lipinski definition) is 5. The Morgan fingerprint density at radius 3 is 2.15 bits per heavy atom. The van der Waals surface area contributed by atoms with E-state index in [1.54, 1.807) is 43.3 Å². The highest BCUT2D eigenvalue weighted by Crippen LogP contribution is 2.26. The van der Waals surface area contributed by atoms with Crippen molar-refractivity contribution < 1.29 is 22.7 Å². The first-order valence-corrected chi connectivity index (χ1v) is 15.4. The summed E-state index contributed by atoms with van der Waals surface area (Å²) in [5, 5.41) is 2.84. The molecule has 0 fully saturated rings. The van der Waals surface area contributed by atoms with Gasteiger partial charge in [-0.1, -0.05) is 52.7 Å². The smallest absolute Gasteiger partial charge is 0.264 e. The molecule has 0 aliphatic carbocycles. The molecule has 3 aromatic rings. The third-order valence-electron chi connectivity index (χ3n) is 6.31. The Kier molecular flexibility index (Phi) is 11.2. The van der Waals surface area contributed by atoms with Crippen LogP contribution in [0.2, 0.25) is 0 Å². The first-order valence-electron chi connectivity index (χ1n) is 13.2. The van der Waals surface area contributed by atoms with Gasteiger partial charge in [-0.05, 0) is 81.3 Å². The second-order valence-corrected chi connectivity index (χ2v) is 12.1. The van der Waals surface area contributed by atoms with Crippen LogP contribution in [0, 0.1) is 6.92 Å². The molecule has 2 amide bonds. The largest absolute Gasteiger partial charge is 0.494 e. The standard InChI is InChI=1S/C30H36BrN3O5S/c1-5-19-32-30(36)23(4)33(20-24-9-11-25(31)12-10-24)29(35)21-34(26-13-7-22(3)8-14-26)40(37,38)28-17-15-27(16-18-28)39-6-2/h7-18,23H,5-6,19-21H2,1-4H3,(H,32,36)/t23-/m0/s1. The fourth-order valence-electron chi connectivity index (χ4n) is 4.01. The molecule has 0 unspecified atom stereocenters. The molecule has 10 heteroatoms. The van der Waals surface area contributed by atoms with Gasteiger partial charge in [0.1, 0.15) is 18.3 Å². The van der Waals surface area contributed by atoms with Gasteiger partial charge in [-0.15, -0.1) is 0 Å². The van der Waals surface area contributed by atoms with E-state index in [0.29, 0.717) is 24.6 Å². The minimum absolute atomic E-state index is 0.0255. The van der Waals surface area contributed by atoms with Crippen molar-refractivity contribution in [2.24, 2.45) is 0 Å². The number of nitrogens with one attached hydrogen (secondary N) is 1. The average molecular weight is 631 g/mol. The molecular weight excluding hydrogens is 594 g/mol. The van der Waals surface area contributed by atoms with Crippen molar-refractivity contribution in [2.45, 2.75) is 51.6 Å². The molecule has 1 atom stereocenters. The van der Waals surface area contributed by atoms with E-state index in [1.807, 2.05) is 45.0 Å². The van der Waals surface area contributed by atoms with Crippen molar-refractivity contribution in [1.29, 1.82) is 0 Å².